The number of nitrogens with one attached hydrogen (secondary N) is 1. The number of hydrogen-bond acceptors (Lipinski definition) is 4. The number of ether oxygens (including phenoxy) is 1. The number of rotatable bonds is 5. The summed E-state index contributed by atoms with van der Waals surface area (Å²) in [7, 11) is 0. The molecule has 7 heteroatoms. The first-order valence-corrected chi connectivity index (χ1v) is 7.49. The molecule has 0 bridgehead atoms. The van der Waals surface area contributed by atoms with Crippen LogP contribution >= 0.6 is 0 Å². The Hall–Kier alpha value is -2.57. The van der Waals surface area contributed by atoms with Crippen LogP contribution in [0.25, 0.3) is 0 Å². The van der Waals surface area contributed by atoms with Gasteiger partial charge in [-0.15, -0.1) is 0 Å². The van der Waals surface area contributed by atoms with Crippen molar-refractivity contribution in [2.45, 2.75) is 38.5 Å². The predicted octanol–water partition coefficient (Wildman–Crippen LogP) is 1.38. The first-order valence-electron chi connectivity index (χ1n) is 7.49. The molecule has 1 unspecified atom stereocenters. The molecule has 2 rings (SSSR count). The van der Waals surface area contributed by atoms with E-state index in [9.17, 15) is 14.4 Å². The third kappa shape index (κ3) is 4.45. The van der Waals surface area contributed by atoms with Crippen LogP contribution in [0.2, 0.25) is 0 Å². The van der Waals surface area contributed by atoms with Gasteiger partial charge in [0.25, 0.3) is 0 Å². The fourth-order valence-electron chi connectivity index (χ4n) is 2.54. The van der Waals surface area contributed by atoms with Crippen LogP contribution in [0.4, 0.5) is 4.79 Å². The summed E-state index contributed by atoms with van der Waals surface area (Å²) in [5.74, 6) is -1.43. The van der Waals surface area contributed by atoms with Gasteiger partial charge in [-0.3, -0.25) is 4.79 Å². The van der Waals surface area contributed by atoms with Gasteiger partial charge >= 0.3 is 12.1 Å². The smallest absolute Gasteiger partial charge is 0.408 e. The van der Waals surface area contributed by atoms with Crippen molar-refractivity contribution in [1.29, 1.82) is 0 Å². The Morgan fingerprint density at radius 3 is 2.70 bits per heavy atom. The van der Waals surface area contributed by atoms with Gasteiger partial charge in [0.2, 0.25) is 5.91 Å². The van der Waals surface area contributed by atoms with Crippen molar-refractivity contribution < 1.29 is 24.2 Å². The van der Waals surface area contributed by atoms with Crippen LogP contribution in [0.1, 0.15) is 25.3 Å². The minimum Gasteiger partial charge on any atom is -0.480 e. The number of likely N-dealkylation sites (tertiary alicyclic amines) is 1. The number of carboxylic acid groups (broad SMARTS) is 1. The van der Waals surface area contributed by atoms with Crippen LogP contribution in [0.3, 0.4) is 0 Å². The number of carboxylic acids is 1. The quantitative estimate of drug-likeness (QED) is 0.854. The Morgan fingerprint density at radius 2 is 2.04 bits per heavy atom. The van der Waals surface area contributed by atoms with E-state index in [1.165, 1.54) is 11.8 Å². The molecule has 2 amide bonds. The molecule has 1 aliphatic heterocycles. The zero-order valence-electron chi connectivity index (χ0n) is 12.9. The molecule has 0 spiro atoms. The number of alkyl carbamates (subject to hydrolysis) is 1. The highest BCUT2D eigenvalue weighted by molar-refractivity contribution is 5.89. The van der Waals surface area contributed by atoms with E-state index in [4.69, 9.17) is 9.84 Å². The molecule has 0 radical (unpaired) electrons. The number of benzene rings is 1. The molecule has 0 saturated carbocycles. The highest BCUT2D eigenvalue weighted by Crippen LogP contribution is 2.18. The molecule has 0 aliphatic carbocycles. The molecule has 124 valence electrons. The number of carbonyl (C=O) groups is 3. The maximum Gasteiger partial charge on any atom is 0.408 e. The molecule has 0 aromatic heterocycles. The minimum atomic E-state index is -1.02. The van der Waals surface area contributed by atoms with E-state index in [1.807, 2.05) is 30.3 Å². The Morgan fingerprint density at radius 1 is 1.35 bits per heavy atom. The van der Waals surface area contributed by atoms with Crippen molar-refractivity contribution in [3.05, 3.63) is 35.9 Å². The van der Waals surface area contributed by atoms with Gasteiger partial charge < -0.3 is 20.1 Å². The number of carbonyl (C=O) groups excluding carboxylic acids is 2. The predicted molar refractivity (Wildman–Crippen MR) is 81.6 cm³/mol. The van der Waals surface area contributed by atoms with Gasteiger partial charge in [0, 0.05) is 6.54 Å². The normalized spacial score (nSPS) is 18.3. The van der Waals surface area contributed by atoms with E-state index in [0.29, 0.717) is 19.4 Å². The van der Waals surface area contributed by atoms with Gasteiger partial charge in [-0.05, 0) is 25.3 Å². The lowest BCUT2D eigenvalue weighted by molar-refractivity contribution is -0.148. The number of hydrogen-bond donors (Lipinski definition) is 2. The summed E-state index contributed by atoms with van der Waals surface area (Å²) in [5.41, 5.74) is 0.840. The average Bonchev–Trinajstić information content (AvgIpc) is 3.03. The van der Waals surface area contributed by atoms with E-state index in [-0.39, 0.29) is 6.61 Å². The van der Waals surface area contributed by atoms with Crippen LogP contribution in [0.15, 0.2) is 30.3 Å². The number of amides is 2. The Labute approximate surface area is 134 Å². The maximum atomic E-state index is 12.3. The lowest BCUT2D eigenvalue weighted by atomic mass is 10.2. The fraction of sp³-hybridized carbons (Fsp3) is 0.438. The summed E-state index contributed by atoms with van der Waals surface area (Å²) in [4.78, 5) is 36.4. The third-order valence-electron chi connectivity index (χ3n) is 3.74. The molecule has 23 heavy (non-hydrogen) atoms. The van der Waals surface area contributed by atoms with E-state index in [2.05, 4.69) is 5.32 Å². The third-order valence-corrected chi connectivity index (χ3v) is 3.74. The summed E-state index contributed by atoms with van der Waals surface area (Å²) >= 11 is 0. The van der Waals surface area contributed by atoms with Crippen LogP contribution in [0, 0.1) is 0 Å². The molecular formula is C16H20N2O5. The van der Waals surface area contributed by atoms with Crippen LogP contribution < -0.4 is 5.32 Å². The highest BCUT2D eigenvalue weighted by atomic mass is 16.5. The van der Waals surface area contributed by atoms with Gasteiger partial charge in [-0.1, -0.05) is 30.3 Å². The Balaban J connectivity index is 1.83. The molecule has 1 saturated heterocycles. The lowest BCUT2D eigenvalue weighted by Crippen LogP contribution is -2.50. The second kappa shape index (κ2) is 7.62. The summed E-state index contributed by atoms with van der Waals surface area (Å²) in [6.07, 6.45) is 0.376. The topological polar surface area (TPSA) is 95.9 Å². The fourth-order valence-corrected chi connectivity index (χ4v) is 2.54. The number of nitrogens with zero attached hydrogens (tertiary/aromatic N) is 1. The highest BCUT2D eigenvalue weighted by Gasteiger charge is 2.36. The summed E-state index contributed by atoms with van der Waals surface area (Å²) < 4.78 is 5.05. The van der Waals surface area contributed by atoms with Crippen molar-refractivity contribution in [3.8, 4) is 0 Å². The molecule has 2 N–H and O–H groups in total. The van der Waals surface area contributed by atoms with Crippen molar-refractivity contribution in [3.63, 3.8) is 0 Å². The van der Waals surface area contributed by atoms with Gasteiger partial charge in [0.15, 0.2) is 0 Å². The summed E-state index contributed by atoms with van der Waals surface area (Å²) in [6.45, 7) is 2.01. The first-order chi connectivity index (χ1) is 11.0. The second-order valence-electron chi connectivity index (χ2n) is 5.46. The summed E-state index contributed by atoms with van der Waals surface area (Å²) in [5, 5.41) is 11.5. The van der Waals surface area contributed by atoms with Gasteiger partial charge in [0.05, 0.1) is 0 Å². The zero-order chi connectivity index (χ0) is 16.8. The van der Waals surface area contributed by atoms with Crippen LogP contribution in [0.5, 0.6) is 0 Å². The lowest BCUT2D eigenvalue weighted by Gasteiger charge is -2.25. The van der Waals surface area contributed by atoms with E-state index in [0.717, 1.165) is 5.56 Å². The van der Waals surface area contributed by atoms with E-state index < -0.39 is 30.1 Å². The monoisotopic (exact) mass is 320 g/mol. The van der Waals surface area contributed by atoms with Crippen molar-refractivity contribution in [1.82, 2.24) is 10.2 Å². The average molecular weight is 320 g/mol. The molecule has 1 aromatic carbocycles. The maximum absolute atomic E-state index is 12.3. The first kappa shape index (κ1) is 16.8. The van der Waals surface area contributed by atoms with E-state index >= 15 is 0 Å². The van der Waals surface area contributed by atoms with Crippen molar-refractivity contribution in [2.75, 3.05) is 6.54 Å². The molecule has 7 nitrogen and oxygen atoms in total. The Kier molecular flexibility index (Phi) is 5.56. The van der Waals surface area contributed by atoms with Crippen LogP contribution in [-0.4, -0.2) is 46.6 Å². The molecular weight excluding hydrogens is 300 g/mol. The van der Waals surface area contributed by atoms with Gasteiger partial charge in [-0.2, -0.15) is 0 Å². The minimum absolute atomic E-state index is 0.106. The molecule has 2 atom stereocenters. The summed E-state index contributed by atoms with van der Waals surface area (Å²) in [6, 6.07) is 7.53. The molecule has 1 aromatic rings. The second-order valence-corrected chi connectivity index (χ2v) is 5.46. The molecule has 1 heterocycles. The molecule has 1 fully saturated rings. The van der Waals surface area contributed by atoms with Gasteiger partial charge in [-0.25, -0.2) is 9.59 Å². The van der Waals surface area contributed by atoms with Crippen molar-refractivity contribution >= 4 is 18.0 Å². The van der Waals surface area contributed by atoms with Gasteiger partial charge in [0.1, 0.15) is 18.7 Å². The SMILES string of the molecule is CC(NC(=O)OCc1ccccc1)C(=O)N1CCC[C@H]1C(=O)O. The largest absolute Gasteiger partial charge is 0.480 e. The van der Waals surface area contributed by atoms with Crippen LogP contribution in [-0.2, 0) is 20.9 Å². The Bertz CT molecular complexity index is 575. The van der Waals surface area contributed by atoms with Crippen molar-refractivity contribution in [2.24, 2.45) is 0 Å². The standard InChI is InChI=1S/C16H20N2O5/c1-11(14(19)18-9-5-8-13(18)15(20)21)17-16(22)23-10-12-6-3-2-4-7-12/h2-4,6-7,11,13H,5,8-10H2,1H3,(H,17,22)(H,20,21)/t11?,13-/m0/s1. The van der Waals surface area contributed by atoms with E-state index in [1.54, 1.807) is 0 Å². The number of aliphatic carboxylic acids is 1. The molecule has 1 aliphatic rings. The zero-order valence-corrected chi connectivity index (χ0v) is 12.9.